The highest BCUT2D eigenvalue weighted by atomic mass is 79.9. The van der Waals surface area contributed by atoms with Gasteiger partial charge in [0.2, 0.25) is 11.8 Å². The molecule has 0 unspecified atom stereocenters. The van der Waals surface area contributed by atoms with Crippen LogP contribution in [-0.2, 0) is 4.79 Å². The van der Waals surface area contributed by atoms with Crippen LogP contribution in [0, 0.1) is 0 Å². The normalized spacial score (nSPS) is 13.4. The van der Waals surface area contributed by atoms with Crippen molar-refractivity contribution >= 4 is 66.8 Å². The molecule has 0 atom stereocenters. The molecule has 38 heavy (non-hydrogen) atoms. The Kier molecular flexibility index (Phi) is 8.45. The van der Waals surface area contributed by atoms with Gasteiger partial charge in [0, 0.05) is 57.6 Å². The van der Waals surface area contributed by atoms with Crippen LogP contribution < -0.4 is 10.2 Å². The van der Waals surface area contributed by atoms with E-state index in [0.29, 0.717) is 35.5 Å². The summed E-state index contributed by atoms with van der Waals surface area (Å²) < 4.78 is 7.54. The van der Waals surface area contributed by atoms with Gasteiger partial charge in [-0.15, -0.1) is 10.2 Å². The van der Waals surface area contributed by atoms with E-state index in [1.54, 1.807) is 0 Å². The summed E-state index contributed by atoms with van der Waals surface area (Å²) in [6.07, 6.45) is 0. The van der Waals surface area contributed by atoms with Crippen LogP contribution in [0.5, 0.6) is 0 Å². The predicted octanol–water partition coefficient (Wildman–Crippen LogP) is 5.95. The number of aromatic nitrogens is 2. The van der Waals surface area contributed by atoms with E-state index in [1.807, 2.05) is 77.7 Å². The Morgan fingerprint density at radius 2 is 1.63 bits per heavy atom. The number of nitrogens with zero attached hydrogens (tertiary/aromatic N) is 4. The first kappa shape index (κ1) is 26.5. The molecule has 0 bridgehead atoms. The molecule has 5 rings (SSSR count). The first-order chi connectivity index (χ1) is 18.4. The lowest BCUT2D eigenvalue weighted by Crippen LogP contribution is -2.48. The van der Waals surface area contributed by atoms with Gasteiger partial charge in [-0.1, -0.05) is 49.7 Å². The molecule has 1 saturated heterocycles. The molecule has 2 amide bonds. The molecule has 4 aromatic rings. The molecule has 11 heteroatoms. The topological polar surface area (TPSA) is 91.6 Å². The summed E-state index contributed by atoms with van der Waals surface area (Å²) in [5.74, 6) is 0.447. The standard InChI is InChI=1S/C27H23Br2N5O3S/c28-20-6-4-18(5-7-20)26(36)34-14-12-33(13-15-34)23-10-8-22(9-11-23)30-24(35)17-38-27-32-31-25(37-27)19-2-1-3-21(29)16-19/h1-11,16H,12-15,17H2,(H,30,35). The van der Waals surface area contributed by atoms with Crippen LogP contribution in [0.2, 0.25) is 0 Å². The van der Waals surface area contributed by atoms with Crippen molar-refractivity contribution < 1.29 is 14.0 Å². The van der Waals surface area contributed by atoms with Crippen LogP contribution in [0.15, 0.2) is 91.4 Å². The Labute approximate surface area is 241 Å². The maximum absolute atomic E-state index is 12.8. The molecule has 1 aliphatic rings. The van der Waals surface area contributed by atoms with Crippen LogP contribution in [0.1, 0.15) is 10.4 Å². The molecular formula is C27H23Br2N5O3S. The number of piperazine rings is 1. The van der Waals surface area contributed by atoms with Crippen LogP contribution in [0.4, 0.5) is 11.4 Å². The molecule has 0 radical (unpaired) electrons. The lowest BCUT2D eigenvalue weighted by molar-refractivity contribution is -0.113. The molecule has 3 aromatic carbocycles. The minimum absolute atomic E-state index is 0.0537. The van der Waals surface area contributed by atoms with Gasteiger partial charge in [-0.3, -0.25) is 9.59 Å². The van der Waals surface area contributed by atoms with Crippen molar-refractivity contribution in [2.75, 3.05) is 42.1 Å². The molecule has 1 aromatic heterocycles. The lowest BCUT2D eigenvalue weighted by Gasteiger charge is -2.36. The minimum Gasteiger partial charge on any atom is -0.411 e. The van der Waals surface area contributed by atoms with Gasteiger partial charge in [-0.2, -0.15) is 0 Å². The monoisotopic (exact) mass is 655 g/mol. The molecule has 2 heterocycles. The van der Waals surface area contributed by atoms with E-state index in [1.165, 1.54) is 11.8 Å². The van der Waals surface area contributed by atoms with Crippen molar-refractivity contribution in [1.82, 2.24) is 15.1 Å². The van der Waals surface area contributed by atoms with Crippen molar-refractivity contribution in [2.45, 2.75) is 5.22 Å². The summed E-state index contributed by atoms with van der Waals surface area (Å²) in [5, 5.41) is 11.3. The summed E-state index contributed by atoms with van der Waals surface area (Å²) in [7, 11) is 0. The molecular weight excluding hydrogens is 634 g/mol. The summed E-state index contributed by atoms with van der Waals surface area (Å²) in [5.41, 5.74) is 3.27. The maximum atomic E-state index is 12.8. The molecule has 0 aliphatic carbocycles. The number of amides is 2. The minimum atomic E-state index is -0.162. The third kappa shape index (κ3) is 6.64. The third-order valence-corrected chi connectivity index (χ3v) is 7.82. The quantitative estimate of drug-likeness (QED) is 0.246. The number of rotatable bonds is 7. The highest BCUT2D eigenvalue weighted by molar-refractivity contribution is 9.10. The molecule has 0 spiro atoms. The second kappa shape index (κ2) is 12.1. The number of carbonyl (C=O) groups excluding carboxylic acids is 2. The maximum Gasteiger partial charge on any atom is 0.277 e. The van der Waals surface area contributed by atoms with Gasteiger partial charge < -0.3 is 19.5 Å². The fourth-order valence-corrected chi connectivity index (χ4v) is 5.26. The van der Waals surface area contributed by atoms with Gasteiger partial charge in [0.15, 0.2) is 0 Å². The first-order valence-corrected chi connectivity index (χ1v) is 14.4. The third-order valence-electron chi connectivity index (χ3n) is 5.98. The number of anilines is 2. The summed E-state index contributed by atoms with van der Waals surface area (Å²) in [6, 6.07) is 22.8. The van der Waals surface area contributed by atoms with Crippen LogP contribution in [0.25, 0.3) is 11.5 Å². The second-order valence-electron chi connectivity index (χ2n) is 8.55. The highest BCUT2D eigenvalue weighted by Crippen LogP contribution is 2.26. The zero-order valence-electron chi connectivity index (χ0n) is 20.1. The van der Waals surface area contributed by atoms with Crippen molar-refractivity contribution in [3.63, 3.8) is 0 Å². The summed E-state index contributed by atoms with van der Waals surface area (Å²) in [4.78, 5) is 29.3. The smallest absolute Gasteiger partial charge is 0.277 e. The van der Waals surface area contributed by atoms with Crippen LogP contribution in [0.3, 0.4) is 0 Å². The van der Waals surface area contributed by atoms with Crippen LogP contribution in [-0.4, -0.2) is 58.8 Å². The van der Waals surface area contributed by atoms with Gasteiger partial charge in [0.25, 0.3) is 11.1 Å². The Hall–Kier alpha value is -3.15. The zero-order valence-corrected chi connectivity index (χ0v) is 24.1. The molecule has 194 valence electrons. The summed E-state index contributed by atoms with van der Waals surface area (Å²) >= 11 is 8.02. The van der Waals surface area contributed by atoms with Gasteiger partial charge in [-0.05, 0) is 66.7 Å². The number of nitrogens with one attached hydrogen (secondary N) is 1. The van der Waals surface area contributed by atoms with Gasteiger partial charge in [-0.25, -0.2) is 0 Å². The molecule has 8 nitrogen and oxygen atoms in total. The van der Waals surface area contributed by atoms with Crippen molar-refractivity contribution in [3.8, 4) is 11.5 Å². The Morgan fingerprint density at radius 1 is 0.895 bits per heavy atom. The largest absolute Gasteiger partial charge is 0.411 e. The predicted molar refractivity (Wildman–Crippen MR) is 155 cm³/mol. The van der Waals surface area contributed by atoms with Crippen molar-refractivity contribution in [1.29, 1.82) is 0 Å². The van der Waals surface area contributed by atoms with E-state index < -0.39 is 0 Å². The van der Waals surface area contributed by atoms with Gasteiger partial charge >= 0.3 is 0 Å². The van der Waals surface area contributed by atoms with E-state index >= 15 is 0 Å². The fourth-order valence-electron chi connectivity index (χ4n) is 4.03. The molecule has 1 aliphatic heterocycles. The zero-order chi connectivity index (χ0) is 26.5. The Morgan fingerprint density at radius 3 is 2.34 bits per heavy atom. The molecule has 1 fully saturated rings. The fraction of sp³-hybridized carbons (Fsp3) is 0.185. The van der Waals surface area contributed by atoms with Crippen molar-refractivity contribution in [2.24, 2.45) is 0 Å². The lowest BCUT2D eigenvalue weighted by atomic mass is 10.1. The number of hydrogen-bond donors (Lipinski definition) is 1. The number of hydrogen-bond acceptors (Lipinski definition) is 7. The highest BCUT2D eigenvalue weighted by Gasteiger charge is 2.22. The van der Waals surface area contributed by atoms with Crippen molar-refractivity contribution in [3.05, 3.63) is 87.3 Å². The number of carbonyl (C=O) groups is 2. The summed E-state index contributed by atoms with van der Waals surface area (Å²) in [6.45, 7) is 2.81. The molecule has 0 saturated carbocycles. The Bertz CT molecular complexity index is 1420. The number of halogens is 2. The SMILES string of the molecule is O=C(CSc1nnc(-c2cccc(Br)c2)o1)Nc1ccc(N2CCN(C(=O)c3ccc(Br)cc3)CC2)cc1. The second-order valence-corrected chi connectivity index (χ2v) is 11.3. The first-order valence-electron chi connectivity index (χ1n) is 11.9. The van der Waals surface area contributed by atoms with E-state index in [-0.39, 0.29) is 17.6 Å². The van der Waals surface area contributed by atoms with E-state index in [4.69, 9.17) is 4.42 Å². The van der Waals surface area contributed by atoms with Gasteiger partial charge in [0.1, 0.15) is 0 Å². The van der Waals surface area contributed by atoms with E-state index in [0.717, 1.165) is 33.3 Å². The average Bonchev–Trinajstić information content (AvgIpc) is 3.42. The average molecular weight is 657 g/mol. The number of thioether (sulfide) groups is 1. The Balaban J connectivity index is 1.09. The molecule has 1 N–H and O–H groups in total. The van der Waals surface area contributed by atoms with E-state index in [9.17, 15) is 9.59 Å². The van der Waals surface area contributed by atoms with Gasteiger partial charge in [0.05, 0.1) is 5.75 Å². The van der Waals surface area contributed by atoms with Crippen LogP contribution >= 0.6 is 43.6 Å². The van der Waals surface area contributed by atoms with E-state index in [2.05, 4.69) is 52.3 Å². The number of benzene rings is 3.